The number of carbonyl (C=O) groups is 1. The Kier molecular flexibility index (Phi) is 5.97. The zero-order valence-electron chi connectivity index (χ0n) is 18.8. The number of hydrogen-bond acceptors (Lipinski definition) is 7. The van der Waals surface area contributed by atoms with Crippen molar-refractivity contribution < 1.29 is 14.3 Å². The maximum absolute atomic E-state index is 12.0. The van der Waals surface area contributed by atoms with Crippen molar-refractivity contribution in [3.8, 4) is 17.3 Å². The van der Waals surface area contributed by atoms with E-state index in [1.54, 1.807) is 0 Å². The van der Waals surface area contributed by atoms with Gasteiger partial charge in [0.05, 0.1) is 11.8 Å². The normalized spacial score (nSPS) is 13.0. The minimum atomic E-state index is -0.578. The number of nitrogens with one attached hydrogen (secondary N) is 1. The molecule has 0 fully saturated rings. The van der Waals surface area contributed by atoms with Gasteiger partial charge in [0.15, 0.2) is 5.82 Å². The summed E-state index contributed by atoms with van der Waals surface area (Å²) in [6.07, 6.45) is 2.54. The van der Waals surface area contributed by atoms with Crippen molar-refractivity contribution in [2.45, 2.75) is 52.7 Å². The standard InChI is InChI=1S/C24H26N4O3S/c1-14(2)30-20-8-6-7-19(25-20)17-12-11-15-9-10-16(13-18(15)17)21-26-22(32-28-21)27-23(29)31-24(3,4)5/h6-10,12-14H,11H2,1-5H3,(H,26,27,28,29). The number of aromatic nitrogens is 3. The number of amides is 1. The molecule has 0 atom stereocenters. The lowest BCUT2D eigenvalue weighted by molar-refractivity contribution is 0.0636. The van der Waals surface area contributed by atoms with Gasteiger partial charge in [-0.3, -0.25) is 5.32 Å². The van der Waals surface area contributed by atoms with Crippen LogP contribution in [-0.2, 0) is 11.2 Å². The summed E-state index contributed by atoms with van der Waals surface area (Å²) in [6.45, 7) is 9.41. The third-order valence-electron chi connectivity index (χ3n) is 4.57. The molecule has 1 aliphatic carbocycles. The van der Waals surface area contributed by atoms with E-state index in [1.165, 1.54) is 5.56 Å². The lowest BCUT2D eigenvalue weighted by Crippen LogP contribution is -2.27. The molecule has 8 heteroatoms. The van der Waals surface area contributed by atoms with Crippen LogP contribution in [0.5, 0.6) is 5.88 Å². The van der Waals surface area contributed by atoms with E-state index in [0.717, 1.165) is 40.3 Å². The van der Waals surface area contributed by atoms with Gasteiger partial charge >= 0.3 is 6.09 Å². The summed E-state index contributed by atoms with van der Waals surface area (Å²) >= 11 is 1.12. The molecule has 0 unspecified atom stereocenters. The maximum atomic E-state index is 12.0. The van der Waals surface area contributed by atoms with E-state index in [2.05, 4.69) is 37.9 Å². The van der Waals surface area contributed by atoms with Gasteiger partial charge in [0.25, 0.3) is 0 Å². The highest BCUT2D eigenvalue weighted by atomic mass is 32.1. The summed E-state index contributed by atoms with van der Waals surface area (Å²) in [5.41, 5.74) is 4.57. The first-order chi connectivity index (χ1) is 15.2. The molecule has 1 aliphatic rings. The van der Waals surface area contributed by atoms with Crippen LogP contribution < -0.4 is 10.1 Å². The van der Waals surface area contributed by atoms with Gasteiger partial charge in [-0.2, -0.15) is 9.36 Å². The fraction of sp³-hybridized carbons (Fsp3) is 0.333. The van der Waals surface area contributed by atoms with Crippen molar-refractivity contribution in [3.63, 3.8) is 0 Å². The van der Waals surface area contributed by atoms with Gasteiger partial charge < -0.3 is 9.47 Å². The first-order valence-electron chi connectivity index (χ1n) is 10.5. The van der Waals surface area contributed by atoms with Gasteiger partial charge in [-0.05, 0) is 64.3 Å². The average molecular weight is 451 g/mol. The Labute approximate surface area is 191 Å². The predicted octanol–water partition coefficient (Wildman–Crippen LogP) is 5.72. The van der Waals surface area contributed by atoms with Crippen LogP contribution in [0.1, 0.15) is 51.4 Å². The van der Waals surface area contributed by atoms with Crippen molar-refractivity contribution in [2.75, 3.05) is 5.32 Å². The Hall–Kier alpha value is -3.26. The highest BCUT2D eigenvalue weighted by Crippen LogP contribution is 2.35. The Morgan fingerprint density at radius 3 is 2.72 bits per heavy atom. The molecule has 0 radical (unpaired) electrons. The topological polar surface area (TPSA) is 86.2 Å². The molecule has 0 saturated carbocycles. The van der Waals surface area contributed by atoms with E-state index in [4.69, 9.17) is 9.47 Å². The summed E-state index contributed by atoms with van der Waals surface area (Å²) in [4.78, 5) is 21.1. The fourth-order valence-electron chi connectivity index (χ4n) is 3.36. The first kappa shape index (κ1) is 22.0. The number of ether oxygens (including phenoxy) is 2. The first-order valence-corrected chi connectivity index (χ1v) is 11.3. The molecule has 0 spiro atoms. The van der Waals surface area contributed by atoms with Gasteiger partial charge in [0, 0.05) is 28.7 Å². The number of benzene rings is 1. The van der Waals surface area contributed by atoms with Crippen LogP contribution in [0, 0.1) is 0 Å². The lowest BCUT2D eigenvalue weighted by Gasteiger charge is -2.18. The molecule has 0 bridgehead atoms. The largest absolute Gasteiger partial charge is 0.475 e. The van der Waals surface area contributed by atoms with Gasteiger partial charge in [0.2, 0.25) is 11.0 Å². The molecule has 7 nitrogen and oxygen atoms in total. The van der Waals surface area contributed by atoms with E-state index < -0.39 is 11.7 Å². The van der Waals surface area contributed by atoms with Crippen LogP contribution >= 0.6 is 11.5 Å². The number of nitrogens with zero attached hydrogens (tertiary/aromatic N) is 3. The zero-order valence-corrected chi connectivity index (χ0v) is 19.6. The number of hydrogen-bond donors (Lipinski definition) is 1. The molecular formula is C24H26N4O3S. The third-order valence-corrected chi connectivity index (χ3v) is 5.20. The Morgan fingerprint density at radius 1 is 1.16 bits per heavy atom. The number of anilines is 1. The number of carbonyl (C=O) groups excluding carboxylic acids is 1. The Morgan fingerprint density at radius 2 is 1.97 bits per heavy atom. The summed E-state index contributed by atoms with van der Waals surface area (Å²) in [6, 6.07) is 12.0. The number of pyridine rings is 1. The second kappa shape index (κ2) is 8.70. The summed E-state index contributed by atoms with van der Waals surface area (Å²) in [5, 5.41) is 3.04. The van der Waals surface area contributed by atoms with Crippen LogP contribution in [0.4, 0.5) is 9.93 Å². The molecular weight excluding hydrogens is 424 g/mol. The van der Waals surface area contributed by atoms with E-state index in [1.807, 2.05) is 58.9 Å². The molecule has 32 heavy (non-hydrogen) atoms. The minimum Gasteiger partial charge on any atom is -0.475 e. The van der Waals surface area contributed by atoms with Gasteiger partial charge in [-0.15, -0.1) is 0 Å². The molecule has 2 heterocycles. The second-order valence-electron chi connectivity index (χ2n) is 8.77. The van der Waals surface area contributed by atoms with E-state index in [9.17, 15) is 4.79 Å². The Balaban J connectivity index is 1.56. The summed E-state index contributed by atoms with van der Waals surface area (Å²) < 4.78 is 15.4. The van der Waals surface area contributed by atoms with Crippen molar-refractivity contribution in [2.24, 2.45) is 0 Å². The monoisotopic (exact) mass is 450 g/mol. The molecule has 1 aromatic carbocycles. The predicted molar refractivity (Wildman–Crippen MR) is 126 cm³/mol. The molecule has 166 valence electrons. The van der Waals surface area contributed by atoms with Crippen LogP contribution in [0.15, 0.2) is 42.5 Å². The molecule has 1 N–H and O–H groups in total. The average Bonchev–Trinajstić information content (AvgIpc) is 3.32. The second-order valence-corrected chi connectivity index (χ2v) is 9.52. The maximum Gasteiger partial charge on any atom is 0.414 e. The van der Waals surface area contributed by atoms with E-state index in [0.29, 0.717) is 16.8 Å². The van der Waals surface area contributed by atoms with Crippen LogP contribution in [0.3, 0.4) is 0 Å². The van der Waals surface area contributed by atoms with Crippen LogP contribution in [-0.4, -0.2) is 32.1 Å². The number of rotatable bonds is 5. The van der Waals surface area contributed by atoms with Crippen molar-refractivity contribution in [1.82, 2.24) is 14.3 Å². The van der Waals surface area contributed by atoms with Crippen LogP contribution in [0.2, 0.25) is 0 Å². The van der Waals surface area contributed by atoms with E-state index >= 15 is 0 Å². The SMILES string of the molecule is CC(C)Oc1cccc(C2=CCc3ccc(-c4nsc(NC(=O)OC(C)(C)C)n4)cc32)n1. The van der Waals surface area contributed by atoms with Crippen molar-refractivity contribution in [1.29, 1.82) is 0 Å². The van der Waals surface area contributed by atoms with Gasteiger partial charge in [-0.1, -0.05) is 24.3 Å². The fourth-order valence-corrected chi connectivity index (χ4v) is 3.94. The van der Waals surface area contributed by atoms with Crippen molar-refractivity contribution >= 4 is 28.3 Å². The van der Waals surface area contributed by atoms with Gasteiger partial charge in [0.1, 0.15) is 5.60 Å². The minimum absolute atomic E-state index is 0.0634. The smallest absolute Gasteiger partial charge is 0.414 e. The van der Waals surface area contributed by atoms with Gasteiger partial charge in [-0.25, -0.2) is 9.78 Å². The summed E-state index contributed by atoms with van der Waals surface area (Å²) in [5.74, 6) is 1.17. The van der Waals surface area contributed by atoms with Crippen molar-refractivity contribution in [3.05, 3.63) is 59.3 Å². The number of fused-ring (bicyclic) bond motifs is 1. The molecule has 2 aromatic heterocycles. The molecule has 0 aliphatic heterocycles. The molecule has 3 aromatic rings. The molecule has 1 amide bonds. The third kappa shape index (κ3) is 5.13. The number of allylic oxidation sites excluding steroid dienone is 1. The molecule has 4 rings (SSSR count). The summed E-state index contributed by atoms with van der Waals surface area (Å²) in [7, 11) is 0. The highest BCUT2D eigenvalue weighted by Gasteiger charge is 2.21. The quantitative estimate of drug-likeness (QED) is 0.535. The van der Waals surface area contributed by atoms with E-state index in [-0.39, 0.29) is 6.10 Å². The van der Waals surface area contributed by atoms with Crippen LogP contribution in [0.25, 0.3) is 17.0 Å². The molecule has 0 saturated heterocycles. The zero-order chi connectivity index (χ0) is 22.9. The Bertz CT molecular complexity index is 1180. The highest BCUT2D eigenvalue weighted by molar-refractivity contribution is 7.10. The lowest BCUT2D eigenvalue weighted by atomic mass is 10.00.